The van der Waals surface area contributed by atoms with Crippen molar-refractivity contribution >= 4 is 63.6 Å². The summed E-state index contributed by atoms with van der Waals surface area (Å²) in [7, 11) is 0. The Kier molecular flexibility index (Phi) is 8.10. The molecule has 3 aromatic rings. The zero-order valence-corrected chi connectivity index (χ0v) is 19.3. The quantitative estimate of drug-likeness (QED) is 0.223. The van der Waals surface area contributed by atoms with Crippen LogP contribution in [0.2, 0.25) is 0 Å². The number of benzene rings is 3. The fourth-order valence-corrected chi connectivity index (χ4v) is 3.80. The lowest BCUT2D eigenvalue weighted by Crippen LogP contribution is -2.22. The van der Waals surface area contributed by atoms with Crippen LogP contribution in [0.25, 0.3) is 6.08 Å². The van der Waals surface area contributed by atoms with E-state index in [1.165, 1.54) is 17.8 Å². The second-order valence-corrected chi connectivity index (χ2v) is 9.17. The van der Waals surface area contributed by atoms with Crippen LogP contribution in [0.5, 0.6) is 0 Å². The predicted octanol–water partition coefficient (Wildman–Crippen LogP) is 6.06. The van der Waals surface area contributed by atoms with Crippen molar-refractivity contribution in [1.82, 2.24) is 0 Å². The lowest BCUT2D eigenvalue weighted by atomic mass is 10.2. The van der Waals surface area contributed by atoms with Gasteiger partial charge in [-0.15, -0.1) is 11.8 Å². The number of anilines is 2. The van der Waals surface area contributed by atoms with Crippen LogP contribution in [-0.4, -0.2) is 17.1 Å². The normalized spacial score (nSPS) is 11.8. The van der Waals surface area contributed by atoms with Gasteiger partial charge in [-0.3, -0.25) is 9.59 Å². The standard InChI is InChI=1S/C24H21IN2O2S/c1-17(24(29)27-21-10-8-19(25)9-11-21)30-22-14-12-20(13-15-22)26-23(28)16-7-18-5-3-2-4-6-18/h2-17H,1H3,(H,26,28)(H,27,29)/b16-7+. The number of nitrogens with one attached hydrogen (secondary N) is 2. The van der Waals surface area contributed by atoms with E-state index < -0.39 is 0 Å². The highest BCUT2D eigenvalue weighted by atomic mass is 127. The maximum atomic E-state index is 12.4. The van der Waals surface area contributed by atoms with Crippen molar-refractivity contribution in [2.45, 2.75) is 17.1 Å². The minimum absolute atomic E-state index is 0.0513. The van der Waals surface area contributed by atoms with Crippen LogP contribution in [-0.2, 0) is 9.59 Å². The van der Waals surface area contributed by atoms with Crippen molar-refractivity contribution in [3.63, 3.8) is 0 Å². The summed E-state index contributed by atoms with van der Waals surface area (Å²) in [6.07, 6.45) is 3.28. The maximum Gasteiger partial charge on any atom is 0.248 e. The number of hydrogen-bond donors (Lipinski definition) is 2. The molecule has 0 radical (unpaired) electrons. The average molecular weight is 528 g/mol. The first-order valence-electron chi connectivity index (χ1n) is 9.37. The summed E-state index contributed by atoms with van der Waals surface area (Å²) < 4.78 is 1.12. The van der Waals surface area contributed by atoms with Crippen LogP contribution in [0.3, 0.4) is 0 Å². The number of halogens is 1. The van der Waals surface area contributed by atoms with Crippen LogP contribution < -0.4 is 10.6 Å². The minimum atomic E-state index is -0.251. The Labute approximate surface area is 194 Å². The van der Waals surface area contributed by atoms with Gasteiger partial charge in [0.15, 0.2) is 0 Å². The summed E-state index contributed by atoms with van der Waals surface area (Å²) in [5.74, 6) is -0.242. The lowest BCUT2D eigenvalue weighted by Gasteiger charge is -2.12. The van der Waals surface area contributed by atoms with E-state index in [1.54, 1.807) is 6.08 Å². The molecule has 0 saturated carbocycles. The van der Waals surface area contributed by atoms with Crippen molar-refractivity contribution in [3.05, 3.63) is 94.1 Å². The Morgan fingerprint density at radius 2 is 1.47 bits per heavy atom. The molecule has 0 heterocycles. The monoisotopic (exact) mass is 528 g/mol. The Bertz CT molecular complexity index is 1020. The van der Waals surface area contributed by atoms with Crippen molar-refractivity contribution in [2.75, 3.05) is 10.6 Å². The molecule has 0 bridgehead atoms. The van der Waals surface area contributed by atoms with Gasteiger partial charge < -0.3 is 10.6 Å². The molecule has 6 heteroatoms. The van der Waals surface area contributed by atoms with Crippen LogP contribution in [0, 0.1) is 3.57 Å². The summed E-state index contributed by atoms with van der Waals surface area (Å²) in [5.41, 5.74) is 2.46. The van der Waals surface area contributed by atoms with Gasteiger partial charge in [-0.05, 0) is 89.7 Å². The summed E-state index contributed by atoms with van der Waals surface area (Å²) in [4.78, 5) is 25.4. The van der Waals surface area contributed by atoms with Crippen LogP contribution in [0.15, 0.2) is 89.8 Å². The second kappa shape index (κ2) is 11.0. The van der Waals surface area contributed by atoms with E-state index in [9.17, 15) is 9.59 Å². The van der Waals surface area contributed by atoms with E-state index >= 15 is 0 Å². The number of rotatable bonds is 7. The fourth-order valence-electron chi connectivity index (χ4n) is 2.57. The molecule has 0 saturated heterocycles. The van der Waals surface area contributed by atoms with E-state index in [2.05, 4.69) is 33.2 Å². The van der Waals surface area contributed by atoms with E-state index in [4.69, 9.17) is 0 Å². The third-order valence-corrected chi connectivity index (χ3v) is 5.97. The zero-order valence-electron chi connectivity index (χ0n) is 16.3. The molecule has 1 unspecified atom stereocenters. The molecule has 30 heavy (non-hydrogen) atoms. The fraction of sp³-hybridized carbons (Fsp3) is 0.0833. The molecule has 4 nitrogen and oxygen atoms in total. The number of hydrogen-bond acceptors (Lipinski definition) is 3. The van der Waals surface area contributed by atoms with Gasteiger partial charge in [-0.25, -0.2) is 0 Å². The summed E-state index contributed by atoms with van der Waals surface area (Å²) in [6.45, 7) is 1.87. The van der Waals surface area contributed by atoms with E-state index in [-0.39, 0.29) is 17.1 Å². The largest absolute Gasteiger partial charge is 0.325 e. The smallest absolute Gasteiger partial charge is 0.248 e. The first-order valence-corrected chi connectivity index (χ1v) is 11.3. The van der Waals surface area contributed by atoms with Gasteiger partial charge in [-0.1, -0.05) is 30.3 Å². The predicted molar refractivity (Wildman–Crippen MR) is 134 cm³/mol. The molecular formula is C24H21IN2O2S. The van der Waals surface area contributed by atoms with Crippen molar-refractivity contribution in [2.24, 2.45) is 0 Å². The van der Waals surface area contributed by atoms with Crippen molar-refractivity contribution in [1.29, 1.82) is 0 Å². The molecule has 3 rings (SSSR count). The number of thioether (sulfide) groups is 1. The molecule has 0 aliphatic carbocycles. The molecule has 0 fully saturated rings. The van der Waals surface area contributed by atoms with Gasteiger partial charge in [0.05, 0.1) is 5.25 Å². The third kappa shape index (κ3) is 7.03. The second-order valence-electron chi connectivity index (χ2n) is 6.51. The van der Waals surface area contributed by atoms with Gasteiger partial charge in [0.2, 0.25) is 11.8 Å². The molecule has 1 atom stereocenters. The Hall–Kier alpha value is -2.58. The van der Waals surface area contributed by atoms with Gasteiger partial charge in [0.25, 0.3) is 0 Å². The van der Waals surface area contributed by atoms with E-state index in [0.717, 1.165) is 19.7 Å². The maximum absolute atomic E-state index is 12.4. The molecule has 3 aromatic carbocycles. The van der Waals surface area contributed by atoms with Crippen LogP contribution >= 0.6 is 34.4 Å². The van der Waals surface area contributed by atoms with Gasteiger partial charge in [0, 0.05) is 25.9 Å². The first-order chi connectivity index (χ1) is 14.5. The minimum Gasteiger partial charge on any atom is -0.325 e. The van der Waals surface area contributed by atoms with Crippen molar-refractivity contribution < 1.29 is 9.59 Å². The molecule has 0 aliphatic rings. The molecule has 0 aromatic heterocycles. The zero-order chi connectivity index (χ0) is 21.3. The summed E-state index contributed by atoms with van der Waals surface area (Å²) >= 11 is 3.70. The highest BCUT2D eigenvalue weighted by Crippen LogP contribution is 2.26. The van der Waals surface area contributed by atoms with Crippen molar-refractivity contribution in [3.8, 4) is 0 Å². The Morgan fingerprint density at radius 3 is 2.13 bits per heavy atom. The SMILES string of the molecule is CC(Sc1ccc(NC(=O)/C=C/c2ccccc2)cc1)C(=O)Nc1ccc(I)cc1. The molecule has 0 spiro atoms. The highest BCUT2D eigenvalue weighted by molar-refractivity contribution is 14.1. The number of carbonyl (C=O) groups is 2. The van der Waals surface area contributed by atoms with Crippen LogP contribution in [0.4, 0.5) is 11.4 Å². The Balaban J connectivity index is 1.51. The topological polar surface area (TPSA) is 58.2 Å². The van der Waals surface area contributed by atoms with Gasteiger partial charge in [0.1, 0.15) is 0 Å². The van der Waals surface area contributed by atoms with E-state index in [1.807, 2.05) is 85.8 Å². The summed E-state index contributed by atoms with van der Waals surface area (Å²) in [5, 5.41) is 5.51. The molecule has 152 valence electrons. The highest BCUT2D eigenvalue weighted by Gasteiger charge is 2.14. The third-order valence-electron chi connectivity index (χ3n) is 4.14. The number of amides is 2. The van der Waals surface area contributed by atoms with Crippen LogP contribution in [0.1, 0.15) is 12.5 Å². The van der Waals surface area contributed by atoms with E-state index in [0.29, 0.717) is 5.69 Å². The lowest BCUT2D eigenvalue weighted by molar-refractivity contribution is -0.115. The molecule has 2 N–H and O–H groups in total. The van der Waals surface area contributed by atoms with Gasteiger partial charge in [-0.2, -0.15) is 0 Å². The Morgan fingerprint density at radius 1 is 0.867 bits per heavy atom. The average Bonchev–Trinajstić information content (AvgIpc) is 2.76. The number of carbonyl (C=O) groups excluding carboxylic acids is 2. The first kappa shape index (κ1) is 22.1. The molecule has 2 amide bonds. The molecule has 0 aliphatic heterocycles. The summed E-state index contributed by atoms with van der Waals surface area (Å²) in [6, 6.07) is 24.8. The molecular weight excluding hydrogens is 507 g/mol. The van der Waals surface area contributed by atoms with Gasteiger partial charge >= 0.3 is 0 Å².